The molecule has 3 rings (SSSR count). The van der Waals surface area contributed by atoms with Gasteiger partial charge in [0.2, 0.25) is 5.91 Å². The lowest BCUT2D eigenvalue weighted by atomic mass is 9.96. The molecule has 19 heteroatoms. The summed E-state index contributed by atoms with van der Waals surface area (Å²) in [6.07, 6.45) is 27.0. The van der Waals surface area contributed by atoms with E-state index in [9.17, 15) is 61.0 Å². The predicted molar refractivity (Wildman–Crippen MR) is 300 cm³/mol. The summed E-state index contributed by atoms with van der Waals surface area (Å²) >= 11 is 0. The van der Waals surface area contributed by atoms with E-state index in [2.05, 4.69) is 122 Å². The molecule has 0 aliphatic carbocycles. The number of hydrogen-bond acceptors (Lipinski definition) is 18. The van der Waals surface area contributed by atoms with E-state index in [-0.39, 0.29) is 18.9 Å². The number of aliphatic hydroxyl groups is 11. The number of rotatable bonds is 39. The number of carbonyl (C=O) groups excluding carboxylic acids is 1. The molecular formula is C60H97NO18. The summed E-state index contributed by atoms with van der Waals surface area (Å²) in [6.45, 7) is 1.47. The molecule has 0 aromatic carbocycles. The largest absolute Gasteiger partial charge is 0.394 e. The van der Waals surface area contributed by atoms with Crippen molar-refractivity contribution in [2.75, 3.05) is 26.4 Å². The molecule has 450 valence electrons. The highest BCUT2D eigenvalue weighted by Crippen LogP contribution is 2.33. The average Bonchev–Trinajstić information content (AvgIpc) is 3.48. The Bertz CT molecular complexity index is 1870. The first-order valence-electron chi connectivity index (χ1n) is 28.6. The van der Waals surface area contributed by atoms with Crippen molar-refractivity contribution in [1.82, 2.24) is 5.32 Å². The van der Waals surface area contributed by atoms with Gasteiger partial charge in [-0.3, -0.25) is 4.79 Å². The number of amides is 1. The second kappa shape index (κ2) is 42.3. The average molecular weight is 1120 g/mol. The number of allylic oxidation sites excluding steroid dienone is 18. The SMILES string of the molecule is CC/C=C\C/C=C\C/C=C\C/C=C\C/C=C\C/C=C\C/C=C\C/C=C\C/C=C\CCCC(=O)NC(COC1OC(CO)C(OC2OC(CO)C(OC3OC(CO)C(O)C(O)C3O)C(O)C2O)C(O)C1O)C(O)CCCCCCC. The number of carbonyl (C=O) groups is 1. The third-order valence-electron chi connectivity index (χ3n) is 13.6. The molecule has 17 unspecified atom stereocenters. The van der Waals surface area contributed by atoms with Crippen LogP contribution in [0, 0.1) is 0 Å². The third kappa shape index (κ3) is 26.5. The van der Waals surface area contributed by atoms with E-state index in [0.717, 1.165) is 83.5 Å². The quantitative estimate of drug-likeness (QED) is 0.0301. The zero-order valence-electron chi connectivity index (χ0n) is 46.5. The zero-order chi connectivity index (χ0) is 57.6. The van der Waals surface area contributed by atoms with Crippen LogP contribution in [-0.2, 0) is 33.2 Å². The number of aliphatic hydroxyl groups excluding tert-OH is 11. The van der Waals surface area contributed by atoms with Gasteiger partial charge in [-0.1, -0.05) is 155 Å². The van der Waals surface area contributed by atoms with Crippen molar-refractivity contribution in [2.24, 2.45) is 0 Å². The summed E-state index contributed by atoms with van der Waals surface area (Å²) in [4.78, 5) is 13.2. The fourth-order valence-corrected chi connectivity index (χ4v) is 8.90. The molecule has 79 heavy (non-hydrogen) atoms. The molecule has 3 fully saturated rings. The van der Waals surface area contributed by atoms with Crippen LogP contribution in [0.4, 0.5) is 0 Å². The van der Waals surface area contributed by atoms with Gasteiger partial charge in [0.05, 0.1) is 38.6 Å². The Morgan fingerprint density at radius 3 is 1.30 bits per heavy atom. The molecule has 3 aliphatic rings. The Morgan fingerprint density at radius 2 is 0.861 bits per heavy atom. The second-order valence-corrected chi connectivity index (χ2v) is 20.0. The van der Waals surface area contributed by atoms with Gasteiger partial charge in [-0.05, 0) is 77.0 Å². The molecule has 3 aliphatic heterocycles. The fourth-order valence-electron chi connectivity index (χ4n) is 8.90. The van der Waals surface area contributed by atoms with Crippen LogP contribution in [0.3, 0.4) is 0 Å². The molecule has 19 nitrogen and oxygen atoms in total. The van der Waals surface area contributed by atoms with Gasteiger partial charge in [0.25, 0.3) is 0 Å². The first-order chi connectivity index (χ1) is 38.3. The Hall–Kier alpha value is -3.55. The van der Waals surface area contributed by atoms with Gasteiger partial charge in [-0.2, -0.15) is 0 Å². The summed E-state index contributed by atoms with van der Waals surface area (Å²) in [5.74, 6) is -0.315. The van der Waals surface area contributed by atoms with E-state index >= 15 is 0 Å². The minimum Gasteiger partial charge on any atom is -0.394 e. The highest BCUT2D eigenvalue weighted by molar-refractivity contribution is 5.76. The van der Waals surface area contributed by atoms with Crippen molar-refractivity contribution in [3.8, 4) is 0 Å². The predicted octanol–water partition coefficient (Wildman–Crippen LogP) is 4.36. The van der Waals surface area contributed by atoms with Crippen molar-refractivity contribution >= 4 is 5.91 Å². The van der Waals surface area contributed by atoms with E-state index in [1.807, 2.05) is 6.08 Å². The van der Waals surface area contributed by atoms with Gasteiger partial charge in [0, 0.05) is 6.42 Å². The lowest BCUT2D eigenvalue weighted by Crippen LogP contribution is -2.66. The minimum absolute atomic E-state index is 0.176. The van der Waals surface area contributed by atoms with E-state index in [1.165, 1.54) is 0 Å². The van der Waals surface area contributed by atoms with Crippen LogP contribution in [0.15, 0.2) is 109 Å². The lowest BCUT2D eigenvalue weighted by molar-refractivity contribution is -0.379. The standard InChI is InChI=1S/C60H97NO18/c1-3-5-7-9-10-11-12-13-14-15-16-17-18-19-20-21-22-23-24-25-26-27-28-29-30-31-32-34-36-38-48(66)61-43(44(65)37-35-33-8-6-4-2)42-74-58-54(72)51(69)56(46(40-63)76-58)79-60-55(73)52(70)57(47(41-64)77-60)78-59-53(71)50(68)49(67)45(39-62)75-59/h5,7,10-11,13-14,16-17,19-20,22-23,25-26,28-29,31-32,43-47,49-60,62-65,67-73H,3-4,6,8-9,12,15,18,21,24,27,30,33-42H2,1-2H3,(H,61,66)/b7-5-,11-10-,14-13-,17-16-,20-19-,23-22-,26-25-,29-28-,32-31-. The van der Waals surface area contributed by atoms with Gasteiger partial charge in [-0.15, -0.1) is 0 Å². The Balaban J connectivity index is 1.40. The molecule has 0 aromatic rings. The van der Waals surface area contributed by atoms with Crippen LogP contribution in [0.2, 0.25) is 0 Å². The molecule has 12 N–H and O–H groups in total. The van der Waals surface area contributed by atoms with Crippen molar-refractivity contribution in [2.45, 2.75) is 234 Å². The summed E-state index contributed by atoms with van der Waals surface area (Å²) < 4.78 is 34.0. The Kier molecular flexibility index (Phi) is 37.3. The second-order valence-electron chi connectivity index (χ2n) is 20.0. The van der Waals surface area contributed by atoms with Crippen LogP contribution < -0.4 is 5.32 Å². The molecule has 3 heterocycles. The number of hydrogen-bond donors (Lipinski definition) is 12. The zero-order valence-corrected chi connectivity index (χ0v) is 46.5. The maximum absolute atomic E-state index is 13.2. The molecule has 0 radical (unpaired) electrons. The van der Waals surface area contributed by atoms with Crippen molar-refractivity contribution in [3.05, 3.63) is 109 Å². The highest BCUT2D eigenvalue weighted by Gasteiger charge is 2.53. The van der Waals surface area contributed by atoms with Crippen LogP contribution >= 0.6 is 0 Å². The fraction of sp³-hybridized carbons (Fsp3) is 0.683. The smallest absolute Gasteiger partial charge is 0.220 e. The van der Waals surface area contributed by atoms with E-state index in [1.54, 1.807) is 0 Å². The van der Waals surface area contributed by atoms with Gasteiger partial charge < -0.3 is 89.9 Å². The van der Waals surface area contributed by atoms with E-state index < -0.39 is 124 Å². The highest BCUT2D eigenvalue weighted by atomic mass is 16.8. The Morgan fingerprint density at radius 1 is 0.468 bits per heavy atom. The van der Waals surface area contributed by atoms with Crippen LogP contribution in [0.1, 0.15) is 129 Å². The minimum atomic E-state index is -1.98. The maximum atomic E-state index is 13.2. The summed E-state index contributed by atoms with van der Waals surface area (Å²) in [5.41, 5.74) is 0. The topological polar surface area (TPSA) is 307 Å². The lowest BCUT2D eigenvalue weighted by Gasteiger charge is -2.48. The first kappa shape index (κ1) is 69.7. The normalized spacial score (nSPS) is 31.1. The summed E-state index contributed by atoms with van der Waals surface area (Å²) in [7, 11) is 0. The van der Waals surface area contributed by atoms with Gasteiger partial charge in [0.1, 0.15) is 73.2 Å². The molecule has 0 aromatic heterocycles. The van der Waals surface area contributed by atoms with Crippen LogP contribution in [0.5, 0.6) is 0 Å². The van der Waals surface area contributed by atoms with E-state index in [0.29, 0.717) is 25.7 Å². The van der Waals surface area contributed by atoms with Crippen molar-refractivity contribution < 1.29 is 89.4 Å². The third-order valence-corrected chi connectivity index (χ3v) is 13.6. The molecule has 3 saturated heterocycles. The van der Waals surface area contributed by atoms with Gasteiger partial charge >= 0.3 is 0 Å². The number of unbranched alkanes of at least 4 members (excludes halogenated alkanes) is 5. The van der Waals surface area contributed by atoms with Crippen LogP contribution in [-0.4, -0.2) is 193 Å². The molecule has 0 spiro atoms. The van der Waals surface area contributed by atoms with Crippen LogP contribution in [0.25, 0.3) is 0 Å². The molecule has 17 atom stereocenters. The molecule has 0 saturated carbocycles. The van der Waals surface area contributed by atoms with Gasteiger partial charge in [-0.25, -0.2) is 0 Å². The monoisotopic (exact) mass is 1120 g/mol. The van der Waals surface area contributed by atoms with E-state index in [4.69, 9.17) is 28.4 Å². The first-order valence-corrected chi connectivity index (χ1v) is 28.6. The van der Waals surface area contributed by atoms with Crippen molar-refractivity contribution in [3.63, 3.8) is 0 Å². The summed E-state index contributed by atoms with van der Waals surface area (Å²) in [5, 5.41) is 119. The Labute approximate surface area is 468 Å². The maximum Gasteiger partial charge on any atom is 0.220 e. The molecule has 1 amide bonds. The van der Waals surface area contributed by atoms with Gasteiger partial charge in [0.15, 0.2) is 18.9 Å². The number of nitrogens with one attached hydrogen (secondary N) is 1. The van der Waals surface area contributed by atoms with Crippen molar-refractivity contribution in [1.29, 1.82) is 0 Å². The number of ether oxygens (including phenoxy) is 6. The summed E-state index contributed by atoms with van der Waals surface area (Å²) in [6, 6.07) is -0.922. The molecular weight excluding hydrogens is 1020 g/mol. The molecule has 0 bridgehead atoms.